The van der Waals surface area contributed by atoms with Gasteiger partial charge in [0.2, 0.25) is 5.28 Å². The van der Waals surface area contributed by atoms with Crippen LogP contribution in [0.1, 0.15) is 29.9 Å². The SMILES string of the molecule is Cc1ccnc(Nc2nc(Cl)nc3c(C(N)=O)nn(CC(C)C)c23)c1. The molecule has 1 amide bonds. The van der Waals surface area contributed by atoms with Crippen molar-refractivity contribution in [1.29, 1.82) is 0 Å². The normalized spacial score (nSPS) is 11.2. The van der Waals surface area contributed by atoms with Crippen molar-refractivity contribution in [3.05, 3.63) is 34.9 Å². The summed E-state index contributed by atoms with van der Waals surface area (Å²) in [5.41, 5.74) is 7.45. The molecule has 0 bridgehead atoms. The molecule has 8 nitrogen and oxygen atoms in total. The first-order valence-corrected chi connectivity index (χ1v) is 8.16. The van der Waals surface area contributed by atoms with Crippen LogP contribution in [0.5, 0.6) is 0 Å². The second-order valence-electron chi connectivity index (χ2n) is 6.17. The van der Waals surface area contributed by atoms with E-state index in [9.17, 15) is 4.79 Å². The highest BCUT2D eigenvalue weighted by Crippen LogP contribution is 2.27. The van der Waals surface area contributed by atoms with Crippen LogP contribution in [0.25, 0.3) is 11.0 Å². The van der Waals surface area contributed by atoms with Gasteiger partial charge in [-0.1, -0.05) is 13.8 Å². The van der Waals surface area contributed by atoms with Crippen LogP contribution in [-0.2, 0) is 6.54 Å². The van der Waals surface area contributed by atoms with Gasteiger partial charge >= 0.3 is 0 Å². The fourth-order valence-electron chi connectivity index (χ4n) is 2.51. The Bertz CT molecular complexity index is 951. The van der Waals surface area contributed by atoms with Gasteiger partial charge in [-0.05, 0) is 42.1 Å². The molecule has 0 aliphatic carbocycles. The van der Waals surface area contributed by atoms with Crippen LogP contribution in [0.4, 0.5) is 11.6 Å². The number of amides is 1. The summed E-state index contributed by atoms with van der Waals surface area (Å²) in [6.45, 7) is 6.63. The summed E-state index contributed by atoms with van der Waals surface area (Å²) in [5.74, 6) is 0.661. The summed E-state index contributed by atoms with van der Waals surface area (Å²) < 4.78 is 1.68. The molecule has 9 heteroatoms. The number of rotatable bonds is 5. The topological polar surface area (TPSA) is 112 Å². The second kappa shape index (κ2) is 6.64. The quantitative estimate of drug-likeness (QED) is 0.677. The molecule has 3 aromatic heterocycles. The first-order valence-electron chi connectivity index (χ1n) is 7.78. The maximum absolute atomic E-state index is 11.7. The first-order chi connectivity index (χ1) is 11.8. The predicted octanol–water partition coefficient (Wildman–Crippen LogP) is 2.68. The third-order valence-electron chi connectivity index (χ3n) is 3.49. The molecule has 0 saturated heterocycles. The number of nitrogens with two attached hydrogens (primary N) is 1. The van der Waals surface area contributed by atoms with Crippen LogP contribution in [0.15, 0.2) is 18.3 Å². The molecular weight excluding hydrogens is 342 g/mol. The van der Waals surface area contributed by atoms with Gasteiger partial charge in [0.15, 0.2) is 11.5 Å². The molecule has 0 unspecified atom stereocenters. The zero-order chi connectivity index (χ0) is 18.1. The fourth-order valence-corrected chi connectivity index (χ4v) is 2.68. The number of carbonyl (C=O) groups excluding carboxylic acids is 1. The molecule has 3 heterocycles. The molecule has 25 heavy (non-hydrogen) atoms. The van der Waals surface area contributed by atoms with Gasteiger partial charge in [-0.15, -0.1) is 0 Å². The molecule has 0 radical (unpaired) electrons. The number of carbonyl (C=O) groups is 1. The van der Waals surface area contributed by atoms with Crippen molar-refractivity contribution in [2.24, 2.45) is 11.7 Å². The van der Waals surface area contributed by atoms with E-state index in [2.05, 4.69) is 25.4 Å². The second-order valence-corrected chi connectivity index (χ2v) is 6.51. The molecule has 0 aromatic carbocycles. The van der Waals surface area contributed by atoms with Crippen LogP contribution in [0, 0.1) is 12.8 Å². The Kier molecular flexibility index (Phi) is 4.54. The van der Waals surface area contributed by atoms with E-state index in [1.165, 1.54) is 0 Å². The Hall–Kier alpha value is -2.74. The minimum atomic E-state index is -0.665. The molecule has 3 aromatic rings. The number of pyridine rings is 1. The summed E-state index contributed by atoms with van der Waals surface area (Å²) in [6.07, 6.45) is 1.69. The van der Waals surface area contributed by atoms with Crippen LogP contribution in [-0.4, -0.2) is 30.6 Å². The molecule has 0 saturated carbocycles. The summed E-state index contributed by atoms with van der Waals surface area (Å²) in [7, 11) is 0. The average molecular weight is 360 g/mol. The Labute approximate surface area is 149 Å². The molecule has 3 rings (SSSR count). The van der Waals surface area contributed by atoms with Crippen molar-refractivity contribution in [3.8, 4) is 0 Å². The Balaban J connectivity index is 2.21. The van der Waals surface area contributed by atoms with E-state index in [0.29, 0.717) is 35.1 Å². The van der Waals surface area contributed by atoms with Gasteiger partial charge < -0.3 is 11.1 Å². The standard InChI is InChI=1S/C16H18ClN7O/c1-8(2)7-24-13-11(12(23-24)14(18)25)21-16(17)22-15(13)20-10-6-9(3)4-5-19-10/h4-6,8H,7H2,1-3H3,(H2,18,25)(H,19,20,21,22). The van der Waals surface area contributed by atoms with E-state index in [1.807, 2.05) is 32.9 Å². The number of hydrogen-bond acceptors (Lipinski definition) is 6. The lowest BCUT2D eigenvalue weighted by Crippen LogP contribution is -2.14. The number of aryl methyl sites for hydroxylation is 1. The maximum Gasteiger partial charge on any atom is 0.271 e. The van der Waals surface area contributed by atoms with Crippen LogP contribution >= 0.6 is 11.6 Å². The monoisotopic (exact) mass is 359 g/mol. The van der Waals surface area contributed by atoms with E-state index >= 15 is 0 Å². The molecule has 0 aliphatic rings. The minimum absolute atomic E-state index is 0.00532. The minimum Gasteiger partial charge on any atom is -0.364 e. The van der Waals surface area contributed by atoms with Crippen molar-refractivity contribution in [3.63, 3.8) is 0 Å². The number of nitrogens with one attached hydrogen (secondary N) is 1. The van der Waals surface area contributed by atoms with Crippen LogP contribution in [0.3, 0.4) is 0 Å². The van der Waals surface area contributed by atoms with Gasteiger partial charge in [0.1, 0.15) is 16.9 Å². The van der Waals surface area contributed by atoms with E-state index in [0.717, 1.165) is 5.56 Å². The number of primary amides is 1. The molecular formula is C16H18ClN7O. The number of anilines is 2. The largest absolute Gasteiger partial charge is 0.364 e. The lowest BCUT2D eigenvalue weighted by molar-refractivity contribution is 0.0996. The van der Waals surface area contributed by atoms with Crippen LogP contribution in [0.2, 0.25) is 5.28 Å². The number of fused-ring (bicyclic) bond motifs is 1. The van der Waals surface area contributed by atoms with Gasteiger partial charge in [0.25, 0.3) is 5.91 Å². The average Bonchev–Trinajstić information content (AvgIpc) is 2.85. The molecule has 0 fully saturated rings. The number of aromatic nitrogens is 5. The summed E-state index contributed by atoms with van der Waals surface area (Å²) in [4.78, 5) is 24.4. The van der Waals surface area contributed by atoms with Crippen LogP contribution < -0.4 is 11.1 Å². The summed E-state index contributed by atoms with van der Waals surface area (Å²) >= 11 is 6.04. The fraction of sp³-hybridized carbons (Fsp3) is 0.312. The highest BCUT2D eigenvalue weighted by atomic mass is 35.5. The van der Waals surface area contributed by atoms with Crippen molar-refractivity contribution in [1.82, 2.24) is 24.7 Å². The van der Waals surface area contributed by atoms with E-state index < -0.39 is 5.91 Å². The van der Waals surface area contributed by atoms with E-state index in [-0.39, 0.29) is 11.0 Å². The van der Waals surface area contributed by atoms with E-state index in [1.54, 1.807) is 10.9 Å². The van der Waals surface area contributed by atoms with Crippen molar-refractivity contribution in [2.75, 3.05) is 5.32 Å². The van der Waals surface area contributed by atoms with Crippen molar-refractivity contribution < 1.29 is 4.79 Å². The predicted molar refractivity (Wildman–Crippen MR) is 95.9 cm³/mol. The van der Waals surface area contributed by atoms with Gasteiger partial charge in [-0.25, -0.2) is 9.97 Å². The number of halogens is 1. The van der Waals surface area contributed by atoms with Crippen molar-refractivity contribution >= 4 is 40.2 Å². The first kappa shape index (κ1) is 17.1. The number of nitrogens with zero attached hydrogens (tertiary/aromatic N) is 5. The number of hydrogen-bond donors (Lipinski definition) is 2. The highest BCUT2D eigenvalue weighted by molar-refractivity contribution is 6.29. The zero-order valence-electron chi connectivity index (χ0n) is 14.1. The lowest BCUT2D eigenvalue weighted by atomic mass is 10.2. The lowest BCUT2D eigenvalue weighted by Gasteiger charge is -2.11. The third kappa shape index (κ3) is 3.53. The summed E-state index contributed by atoms with van der Waals surface area (Å²) in [6, 6.07) is 3.77. The van der Waals surface area contributed by atoms with Gasteiger partial charge in [-0.2, -0.15) is 10.1 Å². The molecule has 130 valence electrons. The highest BCUT2D eigenvalue weighted by Gasteiger charge is 2.22. The smallest absolute Gasteiger partial charge is 0.271 e. The Morgan fingerprint density at radius 1 is 1.40 bits per heavy atom. The molecule has 0 spiro atoms. The molecule has 0 atom stereocenters. The van der Waals surface area contributed by atoms with Gasteiger partial charge in [0, 0.05) is 12.7 Å². The zero-order valence-corrected chi connectivity index (χ0v) is 14.9. The van der Waals surface area contributed by atoms with Crippen molar-refractivity contribution in [2.45, 2.75) is 27.3 Å². The summed E-state index contributed by atoms with van der Waals surface area (Å²) in [5, 5.41) is 7.44. The Morgan fingerprint density at radius 3 is 2.80 bits per heavy atom. The molecule has 0 aliphatic heterocycles. The van der Waals surface area contributed by atoms with Gasteiger partial charge in [0.05, 0.1) is 0 Å². The Morgan fingerprint density at radius 2 is 2.16 bits per heavy atom. The van der Waals surface area contributed by atoms with E-state index in [4.69, 9.17) is 17.3 Å². The third-order valence-corrected chi connectivity index (χ3v) is 3.66. The maximum atomic E-state index is 11.7. The molecule has 3 N–H and O–H groups in total. The van der Waals surface area contributed by atoms with Gasteiger partial charge in [-0.3, -0.25) is 9.48 Å².